The molecule has 0 unspecified atom stereocenters. The molecule has 1 aromatic carbocycles. The molecule has 5 nitrogen and oxygen atoms in total. The van der Waals surface area contributed by atoms with Crippen LogP contribution in [0.2, 0.25) is 5.02 Å². The Labute approximate surface area is 148 Å². The molecule has 1 heterocycles. The molecule has 2 N–H and O–H groups in total. The van der Waals surface area contributed by atoms with Gasteiger partial charge >= 0.3 is 0 Å². The highest BCUT2D eigenvalue weighted by Gasteiger charge is 2.07. The Morgan fingerprint density at radius 3 is 2.79 bits per heavy atom. The van der Waals surface area contributed by atoms with Crippen LogP contribution in [0.15, 0.2) is 42.6 Å². The van der Waals surface area contributed by atoms with Crippen molar-refractivity contribution in [3.8, 4) is 0 Å². The monoisotopic (exact) mass is 346 g/mol. The van der Waals surface area contributed by atoms with Crippen LogP contribution in [0.4, 0.5) is 5.82 Å². The predicted octanol–water partition coefficient (Wildman–Crippen LogP) is 3.03. The van der Waals surface area contributed by atoms with E-state index in [1.807, 2.05) is 38.4 Å². The van der Waals surface area contributed by atoms with E-state index in [-0.39, 0.29) is 5.91 Å². The smallest absolute Gasteiger partial charge is 0.251 e. The number of anilines is 1. The second-order valence-electron chi connectivity index (χ2n) is 5.79. The zero-order chi connectivity index (χ0) is 17.4. The van der Waals surface area contributed by atoms with Crippen LogP contribution in [-0.2, 0) is 6.54 Å². The number of pyridine rings is 1. The van der Waals surface area contributed by atoms with E-state index in [0.717, 1.165) is 18.5 Å². The summed E-state index contributed by atoms with van der Waals surface area (Å²) in [6.07, 6.45) is 2.55. The van der Waals surface area contributed by atoms with Gasteiger partial charge in [-0.1, -0.05) is 29.8 Å². The molecule has 0 saturated carbocycles. The maximum absolute atomic E-state index is 12.2. The average molecular weight is 347 g/mol. The fourth-order valence-corrected chi connectivity index (χ4v) is 2.40. The van der Waals surface area contributed by atoms with Crippen LogP contribution in [0.3, 0.4) is 0 Å². The van der Waals surface area contributed by atoms with Crippen LogP contribution in [0.1, 0.15) is 22.3 Å². The number of nitrogens with one attached hydrogen (secondary N) is 2. The fraction of sp³-hybridized carbons (Fsp3) is 0.333. The molecule has 0 aliphatic carbocycles. The summed E-state index contributed by atoms with van der Waals surface area (Å²) in [4.78, 5) is 18.5. The van der Waals surface area contributed by atoms with Gasteiger partial charge in [0.25, 0.3) is 5.91 Å². The van der Waals surface area contributed by atoms with Crippen molar-refractivity contribution in [2.45, 2.75) is 13.0 Å². The van der Waals surface area contributed by atoms with Crippen molar-refractivity contribution in [3.63, 3.8) is 0 Å². The van der Waals surface area contributed by atoms with Crippen LogP contribution in [0.5, 0.6) is 0 Å². The number of benzene rings is 1. The maximum atomic E-state index is 12.2. The predicted molar refractivity (Wildman–Crippen MR) is 98.5 cm³/mol. The molecule has 6 heteroatoms. The third-order valence-electron chi connectivity index (χ3n) is 3.51. The van der Waals surface area contributed by atoms with E-state index in [9.17, 15) is 4.79 Å². The number of hydrogen-bond acceptors (Lipinski definition) is 4. The van der Waals surface area contributed by atoms with Gasteiger partial charge in [0.05, 0.1) is 0 Å². The first-order valence-corrected chi connectivity index (χ1v) is 8.30. The SMILES string of the molecule is CN(C)CCCNC(=O)c1ccnc(NCc2ccccc2Cl)c1. The lowest BCUT2D eigenvalue weighted by Crippen LogP contribution is -2.27. The highest BCUT2D eigenvalue weighted by molar-refractivity contribution is 6.31. The molecule has 0 bridgehead atoms. The van der Waals surface area contributed by atoms with Crippen LogP contribution < -0.4 is 10.6 Å². The van der Waals surface area contributed by atoms with Crippen molar-refractivity contribution in [2.75, 3.05) is 32.5 Å². The molecule has 0 saturated heterocycles. The molecular weight excluding hydrogens is 324 g/mol. The summed E-state index contributed by atoms with van der Waals surface area (Å²) >= 11 is 6.14. The third-order valence-corrected chi connectivity index (χ3v) is 3.88. The first-order valence-electron chi connectivity index (χ1n) is 7.92. The van der Waals surface area contributed by atoms with E-state index in [0.29, 0.717) is 29.5 Å². The number of halogens is 1. The van der Waals surface area contributed by atoms with Crippen LogP contribution in [-0.4, -0.2) is 43.0 Å². The van der Waals surface area contributed by atoms with Crippen molar-refractivity contribution >= 4 is 23.3 Å². The number of carbonyl (C=O) groups excluding carboxylic acids is 1. The molecule has 0 spiro atoms. The van der Waals surface area contributed by atoms with Gasteiger partial charge in [-0.3, -0.25) is 4.79 Å². The molecule has 0 aliphatic heterocycles. The summed E-state index contributed by atoms with van der Waals surface area (Å²) in [6.45, 7) is 2.16. The summed E-state index contributed by atoms with van der Waals surface area (Å²) in [7, 11) is 4.03. The summed E-state index contributed by atoms with van der Waals surface area (Å²) in [5.41, 5.74) is 1.58. The van der Waals surface area contributed by atoms with E-state index in [2.05, 4.69) is 20.5 Å². The lowest BCUT2D eigenvalue weighted by molar-refractivity contribution is 0.0952. The lowest BCUT2D eigenvalue weighted by Gasteiger charge is -2.11. The first-order chi connectivity index (χ1) is 11.6. The molecule has 0 fully saturated rings. The molecule has 24 heavy (non-hydrogen) atoms. The van der Waals surface area contributed by atoms with Crippen molar-refractivity contribution < 1.29 is 4.79 Å². The molecule has 0 atom stereocenters. The van der Waals surface area contributed by atoms with Crippen molar-refractivity contribution in [2.24, 2.45) is 0 Å². The van der Waals surface area contributed by atoms with Crippen LogP contribution >= 0.6 is 11.6 Å². The average Bonchev–Trinajstić information content (AvgIpc) is 2.58. The summed E-state index contributed by atoms with van der Waals surface area (Å²) in [5, 5.41) is 6.83. The Morgan fingerprint density at radius 2 is 2.04 bits per heavy atom. The molecular formula is C18H23ClN4O. The molecule has 2 aromatic rings. The second-order valence-corrected chi connectivity index (χ2v) is 6.19. The lowest BCUT2D eigenvalue weighted by atomic mass is 10.2. The molecule has 0 radical (unpaired) electrons. The van der Waals surface area contributed by atoms with Crippen LogP contribution in [0.25, 0.3) is 0 Å². The topological polar surface area (TPSA) is 57.3 Å². The standard InChI is InChI=1S/C18H23ClN4O/c1-23(2)11-5-9-21-18(24)14-8-10-20-17(12-14)22-13-15-6-3-4-7-16(15)19/h3-4,6-8,10,12H,5,9,11,13H2,1-2H3,(H,20,22)(H,21,24). The quantitative estimate of drug-likeness (QED) is 0.721. The Morgan fingerprint density at radius 1 is 1.25 bits per heavy atom. The number of aromatic nitrogens is 1. The highest BCUT2D eigenvalue weighted by atomic mass is 35.5. The highest BCUT2D eigenvalue weighted by Crippen LogP contribution is 2.16. The van der Waals surface area contributed by atoms with Gasteiger partial charge < -0.3 is 15.5 Å². The number of nitrogens with zero attached hydrogens (tertiary/aromatic N) is 2. The zero-order valence-corrected chi connectivity index (χ0v) is 14.8. The largest absolute Gasteiger partial charge is 0.366 e. The Balaban J connectivity index is 1.89. The minimum absolute atomic E-state index is 0.0862. The summed E-state index contributed by atoms with van der Waals surface area (Å²) < 4.78 is 0. The molecule has 1 aromatic heterocycles. The number of rotatable bonds is 8. The van der Waals surface area contributed by atoms with E-state index >= 15 is 0 Å². The Hall–Kier alpha value is -2.11. The van der Waals surface area contributed by atoms with Crippen LogP contribution in [0, 0.1) is 0 Å². The number of carbonyl (C=O) groups is 1. The van der Waals surface area contributed by atoms with Gasteiger partial charge in [-0.2, -0.15) is 0 Å². The van der Waals surface area contributed by atoms with Gasteiger partial charge in [-0.25, -0.2) is 4.98 Å². The normalized spacial score (nSPS) is 10.7. The van der Waals surface area contributed by atoms with Gasteiger partial charge in [-0.05, 0) is 50.8 Å². The minimum atomic E-state index is -0.0862. The fourth-order valence-electron chi connectivity index (χ4n) is 2.20. The number of amides is 1. The van der Waals surface area contributed by atoms with Crippen molar-refractivity contribution in [1.29, 1.82) is 0 Å². The van der Waals surface area contributed by atoms with Crippen molar-refractivity contribution in [1.82, 2.24) is 15.2 Å². The first kappa shape index (κ1) is 18.2. The molecule has 0 aliphatic rings. The maximum Gasteiger partial charge on any atom is 0.251 e. The van der Waals surface area contributed by atoms with Gasteiger partial charge in [0.15, 0.2) is 0 Å². The Bertz CT molecular complexity index is 676. The van der Waals surface area contributed by atoms with Gasteiger partial charge in [0, 0.05) is 29.9 Å². The summed E-state index contributed by atoms with van der Waals surface area (Å²) in [5.74, 6) is 0.563. The summed E-state index contributed by atoms with van der Waals surface area (Å²) in [6, 6.07) is 11.1. The molecule has 128 valence electrons. The zero-order valence-electron chi connectivity index (χ0n) is 14.1. The molecule has 1 amide bonds. The minimum Gasteiger partial charge on any atom is -0.366 e. The van der Waals surface area contributed by atoms with Gasteiger partial charge in [0.1, 0.15) is 5.82 Å². The van der Waals surface area contributed by atoms with Gasteiger partial charge in [-0.15, -0.1) is 0 Å². The van der Waals surface area contributed by atoms with E-state index < -0.39 is 0 Å². The van der Waals surface area contributed by atoms with E-state index in [1.54, 1.807) is 18.3 Å². The number of hydrogen-bond donors (Lipinski definition) is 2. The van der Waals surface area contributed by atoms with Gasteiger partial charge in [0.2, 0.25) is 0 Å². The third kappa shape index (κ3) is 5.83. The second kappa shape index (κ2) is 9.25. The van der Waals surface area contributed by atoms with E-state index in [1.165, 1.54) is 0 Å². The Kier molecular flexibility index (Phi) is 7.03. The van der Waals surface area contributed by atoms with Crippen molar-refractivity contribution in [3.05, 3.63) is 58.7 Å². The van der Waals surface area contributed by atoms with E-state index in [4.69, 9.17) is 11.6 Å². The molecule has 2 rings (SSSR count).